The highest BCUT2D eigenvalue weighted by Crippen LogP contribution is 2.10. The zero-order valence-corrected chi connectivity index (χ0v) is 10.3. The van der Waals surface area contributed by atoms with Gasteiger partial charge < -0.3 is 16.4 Å². The summed E-state index contributed by atoms with van der Waals surface area (Å²) < 4.78 is 0. The van der Waals surface area contributed by atoms with E-state index < -0.39 is 0 Å². The van der Waals surface area contributed by atoms with Gasteiger partial charge in [0.25, 0.3) is 0 Å². The van der Waals surface area contributed by atoms with Gasteiger partial charge in [0, 0.05) is 25.0 Å². The molecule has 1 amide bonds. The molecule has 0 bridgehead atoms. The molecule has 0 aliphatic heterocycles. The first-order valence-electron chi connectivity index (χ1n) is 5.65. The molecular weight excluding hydrogens is 190 g/mol. The summed E-state index contributed by atoms with van der Waals surface area (Å²) in [5, 5.41) is 5.84. The Balaban J connectivity index is 3.72. The maximum Gasteiger partial charge on any atom is 0.222 e. The molecule has 0 aromatic rings. The number of hydrogen-bond donors (Lipinski definition) is 3. The lowest BCUT2D eigenvalue weighted by Crippen LogP contribution is -2.44. The van der Waals surface area contributed by atoms with E-state index in [1.807, 2.05) is 14.0 Å². The maximum atomic E-state index is 11.6. The van der Waals surface area contributed by atoms with Crippen molar-refractivity contribution >= 4 is 5.91 Å². The normalized spacial score (nSPS) is 15.1. The second kappa shape index (κ2) is 7.65. The molecule has 4 N–H and O–H groups in total. The third-order valence-corrected chi connectivity index (χ3v) is 2.28. The van der Waals surface area contributed by atoms with Gasteiger partial charge in [0.2, 0.25) is 5.91 Å². The second-order valence-corrected chi connectivity index (χ2v) is 4.59. The summed E-state index contributed by atoms with van der Waals surface area (Å²) in [7, 11) is 1.85. The maximum absolute atomic E-state index is 11.6. The molecule has 0 rings (SSSR count). The molecule has 0 saturated carbocycles. The van der Waals surface area contributed by atoms with Crippen molar-refractivity contribution in [3.05, 3.63) is 0 Å². The van der Waals surface area contributed by atoms with Gasteiger partial charge in [-0.05, 0) is 19.4 Å². The predicted octanol–water partition coefficient (Wildman–Crippen LogP) is 0.332. The van der Waals surface area contributed by atoms with E-state index in [0.29, 0.717) is 12.5 Å². The predicted molar refractivity (Wildman–Crippen MR) is 63.5 cm³/mol. The largest absolute Gasteiger partial charge is 0.354 e. The van der Waals surface area contributed by atoms with Crippen molar-refractivity contribution in [1.82, 2.24) is 10.6 Å². The highest BCUT2D eigenvalue weighted by atomic mass is 16.1. The summed E-state index contributed by atoms with van der Waals surface area (Å²) in [5.41, 5.74) is 5.76. The Morgan fingerprint density at radius 1 is 1.27 bits per heavy atom. The monoisotopic (exact) mass is 215 g/mol. The van der Waals surface area contributed by atoms with Gasteiger partial charge in [-0.2, -0.15) is 0 Å². The van der Waals surface area contributed by atoms with Crippen LogP contribution in [0.2, 0.25) is 0 Å². The van der Waals surface area contributed by atoms with E-state index in [0.717, 1.165) is 13.0 Å². The minimum atomic E-state index is -0.00907. The quantitative estimate of drug-likeness (QED) is 0.573. The summed E-state index contributed by atoms with van der Waals surface area (Å²) in [6.07, 6.45) is 0.924. The van der Waals surface area contributed by atoms with Crippen LogP contribution >= 0.6 is 0 Å². The lowest BCUT2D eigenvalue weighted by molar-refractivity contribution is -0.125. The Bertz CT molecular complexity index is 183. The van der Waals surface area contributed by atoms with Gasteiger partial charge in [-0.1, -0.05) is 20.8 Å². The molecule has 0 radical (unpaired) electrons. The molecule has 4 nitrogen and oxygen atoms in total. The summed E-state index contributed by atoms with van der Waals surface area (Å²) >= 11 is 0. The third-order valence-electron chi connectivity index (χ3n) is 2.28. The number of nitrogens with two attached hydrogens (primary N) is 1. The van der Waals surface area contributed by atoms with Gasteiger partial charge >= 0.3 is 0 Å². The second-order valence-electron chi connectivity index (χ2n) is 4.59. The van der Waals surface area contributed by atoms with Crippen LogP contribution in [-0.4, -0.2) is 32.1 Å². The fraction of sp³-hybridized carbons (Fsp3) is 0.909. The SMILES string of the molecule is CNCC(N)CNC(=O)[C@@H](C)CC(C)C. The van der Waals surface area contributed by atoms with Gasteiger partial charge in [0.05, 0.1) is 0 Å². The van der Waals surface area contributed by atoms with Crippen molar-refractivity contribution in [2.24, 2.45) is 17.6 Å². The van der Waals surface area contributed by atoms with Crippen LogP contribution in [-0.2, 0) is 4.79 Å². The van der Waals surface area contributed by atoms with Crippen molar-refractivity contribution < 1.29 is 4.79 Å². The van der Waals surface area contributed by atoms with E-state index >= 15 is 0 Å². The van der Waals surface area contributed by atoms with Gasteiger partial charge in [0.15, 0.2) is 0 Å². The first kappa shape index (κ1) is 14.4. The molecule has 0 saturated heterocycles. The molecule has 4 heteroatoms. The molecule has 1 unspecified atom stereocenters. The third kappa shape index (κ3) is 7.33. The summed E-state index contributed by atoms with van der Waals surface area (Å²) in [4.78, 5) is 11.6. The highest BCUT2D eigenvalue weighted by molar-refractivity contribution is 5.78. The lowest BCUT2D eigenvalue weighted by Gasteiger charge is -2.16. The molecule has 2 atom stereocenters. The number of carbonyl (C=O) groups excluding carboxylic acids is 1. The van der Waals surface area contributed by atoms with Crippen LogP contribution < -0.4 is 16.4 Å². The van der Waals surface area contributed by atoms with E-state index in [9.17, 15) is 4.79 Å². The van der Waals surface area contributed by atoms with E-state index in [2.05, 4.69) is 24.5 Å². The van der Waals surface area contributed by atoms with Crippen molar-refractivity contribution in [3.63, 3.8) is 0 Å². The number of rotatable bonds is 7. The minimum absolute atomic E-state index is 0.00907. The number of carbonyl (C=O) groups is 1. The van der Waals surface area contributed by atoms with Crippen LogP contribution in [0.25, 0.3) is 0 Å². The van der Waals surface area contributed by atoms with Crippen LogP contribution in [0.15, 0.2) is 0 Å². The Morgan fingerprint density at radius 3 is 2.33 bits per heavy atom. The fourth-order valence-corrected chi connectivity index (χ4v) is 1.55. The average molecular weight is 215 g/mol. The molecular formula is C11H25N3O. The Kier molecular flexibility index (Phi) is 7.34. The first-order chi connectivity index (χ1) is 6.97. The number of amides is 1. The minimum Gasteiger partial charge on any atom is -0.354 e. The van der Waals surface area contributed by atoms with Crippen LogP contribution in [0.1, 0.15) is 27.2 Å². The molecule has 0 fully saturated rings. The van der Waals surface area contributed by atoms with Crippen LogP contribution in [0.5, 0.6) is 0 Å². The van der Waals surface area contributed by atoms with Gasteiger partial charge in [-0.15, -0.1) is 0 Å². The summed E-state index contributed by atoms with van der Waals surface area (Å²) in [6, 6.07) is -0.00907. The standard InChI is InChI=1S/C11H25N3O/c1-8(2)5-9(3)11(15)14-7-10(12)6-13-4/h8-10,13H,5-7,12H2,1-4H3,(H,14,15)/t9-,10?/m0/s1. The Hall–Kier alpha value is -0.610. The average Bonchev–Trinajstić information content (AvgIpc) is 2.13. The molecule has 0 aliphatic carbocycles. The molecule has 0 aliphatic rings. The number of hydrogen-bond acceptors (Lipinski definition) is 3. The molecule has 0 aromatic heterocycles. The van der Waals surface area contributed by atoms with E-state index in [1.54, 1.807) is 0 Å². The number of likely N-dealkylation sites (N-methyl/N-ethyl adjacent to an activating group) is 1. The van der Waals surface area contributed by atoms with Gasteiger partial charge in [0.1, 0.15) is 0 Å². The molecule has 15 heavy (non-hydrogen) atoms. The fourth-order valence-electron chi connectivity index (χ4n) is 1.55. The smallest absolute Gasteiger partial charge is 0.222 e. The molecule has 90 valence electrons. The van der Waals surface area contributed by atoms with E-state index in [-0.39, 0.29) is 17.9 Å². The van der Waals surface area contributed by atoms with Crippen molar-refractivity contribution in [2.45, 2.75) is 33.2 Å². The van der Waals surface area contributed by atoms with Crippen LogP contribution in [0.3, 0.4) is 0 Å². The van der Waals surface area contributed by atoms with Gasteiger partial charge in [-0.3, -0.25) is 4.79 Å². The zero-order chi connectivity index (χ0) is 11.8. The molecule has 0 heterocycles. The highest BCUT2D eigenvalue weighted by Gasteiger charge is 2.14. The van der Waals surface area contributed by atoms with Gasteiger partial charge in [-0.25, -0.2) is 0 Å². The summed E-state index contributed by atoms with van der Waals surface area (Å²) in [5.74, 6) is 0.735. The van der Waals surface area contributed by atoms with E-state index in [4.69, 9.17) is 5.73 Å². The first-order valence-corrected chi connectivity index (χ1v) is 5.65. The lowest BCUT2D eigenvalue weighted by atomic mass is 9.98. The zero-order valence-electron chi connectivity index (χ0n) is 10.3. The Morgan fingerprint density at radius 2 is 1.87 bits per heavy atom. The van der Waals surface area contributed by atoms with Crippen LogP contribution in [0, 0.1) is 11.8 Å². The molecule has 0 spiro atoms. The Labute approximate surface area is 93.0 Å². The van der Waals surface area contributed by atoms with E-state index in [1.165, 1.54) is 0 Å². The van der Waals surface area contributed by atoms with Crippen LogP contribution in [0.4, 0.5) is 0 Å². The van der Waals surface area contributed by atoms with Crippen molar-refractivity contribution in [1.29, 1.82) is 0 Å². The van der Waals surface area contributed by atoms with Crippen molar-refractivity contribution in [3.8, 4) is 0 Å². The molecule has 0 aromatic carbocycles. The number of nitrogens with one attached hydrogen (secondary N) is 2. The van der Waals surface area contributed by atoms with Crippen molar-refractivity contribution in [2.75, 3.05) is 20.1 Å². The topological polar surface area (TPSA) is 67.2 Å². The summed E-state index contributed by atoms with van der Waals surface area (Å²) in [6.45, 7) is 7.47.